The highest BCUT2D eigenvalue weighted by molar-refractivity contribution is 9.10. The summed E-state index contributed by atoms with van der Waals surface area (Å²) in [6.45, 7) is 0.383. The Morgan fingerprint density at radius 2 is 2.15 bits per heavy atom. The van der Waals surface area contributed by atoms with Crippen molar-refractivity contribution in [2.75, 3.05) is 11.9 Å². The van der Waals surface area contributed by atoms with Crippen molar-refractivity contribution in [3.63, 3.8) is 0 Å². The van der Waals surface area contributed by atoms with Crippen LogP contribution in [0.5, 0.6) is 0 Å². The summed E-state index contributed by atoms with van der Waals surface area (Å²) < 4.78 is 0.754. The number of hydrogen-bond donors (Lipinski definition) is 2. The largest absolute Gasteiger partial charge is 0.345 e. The van der Waals surface area contributed by atoms with E-state index in [9.17, 15) is 14.4 Å². The van der Waals surface area contributed by atoms with Gasteiger partial charge in [0.05, 0.1) is 23.5 Å². The van der Waals surface area contributed by atoms with E-state index in [1.807, 2.05) is 0 Å². The van der Waals surface area contributed by atoms with Gasteiger partial charge in [0.1, 0.15) is 11.7 Å². The Morgan fingerprint density at radius 1 is 1.31 bits per heavy atom. The van der Waals surface area contributed by atoms with Crippen molar-refractivity contribution in [3.8, 4) is 0 Å². The molecular weight excluding hydrogens is 402 g/mol. The maximum Gasteiger partial charge on any atom is 0.271 e. The zero-order valence-electron chi connectivity index (χ0n) is 13.5. The van der Waals surface area contributed by atoms with E-state index < -0.39 is 18.0 Å². The molecule has 2 atom stereocenters. The molecule has 3 heterocycles. The summed E-state index contributed by atoms with van der Waals surface area (Å²) >= 11 is 3.35. The molecule has 4 rings (SSSR count). The molecule has 2 aromatic rings. The standard InChI is InChI=1S/C17H14BrN5O3/c18-9-1-2-11-10(7-9)17(26)23-6-3-12(14(23)16(25)21-11)22-15(24)13-8-19-4-5-20-13/h1-2,4-5,7-8,12,14H,3,6H2,(H,21,25)(H,22,24)/t12-,14-/m0/s1. The van der Waals surface area contributed by atoms with E-state index in [2.05, 4.69) is 36.5 Å². The van der Waals surface area contributed by atoms with Crippen LogP contribution >= 0.6 is 15.9 Å². The Morgan fingerprint density at radius 3 is 2.92 bits per heavy atom. The third kappa shape index (κ3) is 2.84. The predicted molar refractivity (Wildman–Crippen MR) is 95.5 cm³/mol. The number of halogens is 1. The molecule has 0 radical (unpaired) electrons. The third-order valence-corrected chi connectivity index (χ3v) is 5.00. The smallest absolute Gasteiger partial charge is 0.271 e. The summed E-state index contributed by atoms with van der Waals surface area (Å²) in [7, 11) is 0. The lowest BCUT2D eigenvalue weighted by atomic mass is 10.1. The van der Waals surface area contributed by atoms with E-state index in [4.69, 9.17) is 0 Å². The number of anilines is 1. The topological polar surface area (TPSA) is 104 Å². The van der Waals surface area contributed by atoms with Gasteiger partial charge in [-0.05, 0) is 24.6 Å². The van der Waals surface area contributed by atoms with Gasteiger partial charge in [-0.3, -0.25) is 19.4 Å². The van der Waals surface area contributed by atoms with Crippen LogP contribution in [0.3, 0.4) is 0 Å². The molecule has 2 N–H and O–H groups in total. The monoisotopic (exact) mass is 415 g/mol. The van der Waals surface area contributed by atoms with Crippen LogP contribution in [0.1, 0.15) is 27.3 Å². The molecule has 1 fully saturated rings. The Kier molecular flexibility index (Phi) is 4.15. The molecule has 26 heavy (non-hydrogen) atoms. The van der Waals surface area contributed by atoms with Gasteiger partial charge in [0, 0.05) is 23.4 Å². The Balaban J connectivity index is 1.61. The highest BCUT2D eigenvalue weighted by atomic mass is 79.9. The van der Waals surface area contributed by atoms with Crippen LogP contribution in [-0.2, 0) is 4.79 Å². The molecule has 3 amide bonds. The Bertz CT molecular complexity index is 905. The van der Waals surface area contributed by atoms with Gasteiger partial charge in [0.25, 0.3) is 11.8 Å². The molecule has 1 aromatic carbocycles. The first kappa shape index (κ1) is 16.6. The van der Waals surface area contributed by atoms with Gasteiger partial charge in [-0.25, -0.2) is 4.98 Å². The molecule has 2 aliphatic rings. The van der Waals surface area contributed by atoms with Crippen LogP contribution in [0.2, 0.25) is 0 Å². The van der Waals surface area contributed by atoms with E-state index in [1.54, 1.807) is 18.2 Å². The van der Waals surface area contributed by atoms with Crippen molar-refractivity contribution >= 4 is 39.3 Å². The van der Waals surface area contributed by atoms with Gasteiger partial charge in [0.2, 0.25) is 5.91 Å². The molecule has 2 aliphatic heterocycles. The zero-order chi connectivity index (χ0) is 18.3. The van der Waals surface area contributed by atoms with Gasteiger partial charge in [-0.2, -0.15) is 0 Å². The third-order valence-electron chi connectivity index (χ3n) is 4.51. The molecule has 0 unspecified atom stereocenters. The molecule has 0 aliphatic carbocycles. The SMILES string of the molecule is O=C(N[C@H]1CCN2C(=O)c3cc(Br)ccc3NC(=O)[C@H]12)c1cnccn1. The summed E-state index contributed by atoms with van der Waals surface area (Å²) in [5.41, 5.74) is 1.06. The molecule has 0 saturated carbocycles. The van der Waals surface area contributed by atoms with Crippen molar-refractivity contribution in [2.24, 2.45) is 0 Å². The minimum Gasteiger partial charge on any atom is -0.345 e. The number of amides is 3. The molecule has 1 saturated heterocycles. The summed E-state index contributed by atoms with van der Waals surface area (Å²) in [6, 6.07) is 3.87. The van der Waals surface area contributed by atoms with Crippen molar-refractivity contribution in [3.05, 3.63) is 52.5 Å². The van der Waals surface area contributed by atoms with E-state index >= 15 is 0 Å². The average Bonchev–Trinajstić information content (AvgIpc) is 3.02. The molecule has 1 aromatic heterocycles. The minimum absolute atomic E-state index is 0.165. The first-order valence-electron chi connectivity index (χ1n) is 8.03. The molecule has 132 valence electrons. The number of nitrogens with zero attached hydrogens (tertiary/aromatic N) is 3. The van der Waals surface area contributed by atoms with Crippen LogP contribution in [-0.4, -0.2) is 51.2 Å². The first-order chi connectivity index (χ1) is 12.5. The summed E-state index contributed by atoms with van der Waals surface area (Å²) in [5.74, 6) is -0.975. The molecule has 8 nitrogen and oxygen atoms in total. The minimum atomic E-state index is -0.769. The molecule has 0 bridgehead atoms. The fourth-order valence-electron chi connectivity index (χ4n) is 3.32. The number of carbonyl (C=O) groups is 3. The predicted octanol–water partition coefficient (Wildman–Crippen LogP) is 1.20. The summed E-state index contributed by atoms with van der Waals surface area (Å²) in [6.07, 6.45) is 4.74. The number of rotatable bonds is 2. The van der Waals surface area contributed by atoms with Crippen LogP contribution in [0.4, 0.5) is 5.69 Å². The molecular formula is C17H14BrN5O3. The maximum absolute atomic E-state index is 12.9. The number of nitrogens with one attached hydrogen (secondary N) is 2. The van der Waals surface area contributed by atoms with Gasteiger partial charge in [-0.15, -0.1) is 0 Å². The summed E-state index contributed by atoms with van der Waals surface area (Å²) in [4.78, 5) is 47.3. The number of benzene rings is 1. The van der Waals surface area contributed by atoms with Gasteiger partial charge >= 0.3 is 0 Å². The quantitative estimate of drug-likeness (QED) is 0.766. The Labute approximate surface area is 157 Å². The summed E-state index contributed by atoms with van der Waals surface area (Å²) in [5, 5.41) is 5.60. The van der Waals surface area contributed by atoms with Crippen LogP contribution in [0, 0.1) is 0 Å². The van der Waals surface area contributed by atoms with E-state index in [-0.39, 0.29) is 17.5 Å². The number of hydrogen-bond acceptors (Lipinski definition) is 5. The van der Waals surface area contributed by atoms with Crippen molar-refractivity contribution in [1.82, 2.24) is 20.2 Å². The fraction of sp³-hybridized carbons (Fsp3) is 0.235. The highest BCUT2D eigenvalue weighted by Gasteiger charge is 2.45. The van der Waals surface area contributed by atoms with Gasteiger partial charge in [0.15, 0.2) is 0 Å². The zero-order valence-corrected chi connectivity index (χ0v) is 15.1. The number of fused-ring (bicyclic) bond motifs is 2. The average molecular weight is 416 g/mol. The second kappa shape index (κ2) is 6.49. The molecule has 0 spiro atoms. The van der Waals surface area contributed by atoms with Crippen molar-refractivity contribution in [2.45, 2.75) is 18.5 Å². The lowest BCUT2D eigenvalue weighted by Crippen LogP contribution is -2.51. The first-order valence-corrected chi connectivity index (χ1v) is 8.82. The Hall–Kier alpha value is -2.81. The van der Waals surface area contributed by atoms with Crippen molar-refractivity contribution in [1.29, 1.82) is 0 Å². The van der Waals surface area contributed by atoms with Gasteiger partial charge in [-0.1, -0.05) is 15.9 Å². The molecule has 9 heteroatoms. The number of aromatic nitrogens is 2. The van der Waals surface area contributed by atoms with Crippen LogP contribution < -0.4 is 10.6 Å². The normalized spacial score (nSPS) is 21.5. The van der Waals surface area contributed by atoms with Gasteiger partial charge < -0.3 is 15.5 Å². The highest BCUT2D eigenvalue weighted by Crippen LogP contribution is 2.30. The lowest BCUT2D eigenvalue weighted by molar-refractivity contribution is -0.120. The van der Waals surface area contributed by atoms with Crippen LogP contribution in [0.25, 0.3) is 0 Å². The van der Waals surface area contributed by atoms with Crippen LogP contribution in [0.15, 0.2) is 41.3 Å². The van der Waals surface area contributed by atoms with E-state index in [0.29, 0.717) is 24.2 Å². The fourth-order valence-corrected chi connectivity index (χ4v) is 3.68. The second-order valence-corrected chi connectivity index (χ2v) is 7.00. The maximum atomic E-state index is 12.9. The number of carbonyl (C=O) groups excluding carboxylic acids is 3. The van der Waals surface area contributed by atoms with E-state index in [0.717, 1.165) is 4.47 Å². The van der Waals surface area contributed by atoms with E-state index in [1.165, 1.54) is 23.5 Å². The van der Waals surface area contributed by atoms with Crippen molar-refractivity contribution < 1.29 is 14.4 Å². The second-order valence-electron chi connectivity index (χ2n) is 6.08. The lowest BCUT2D eigenvalue weighted by Gasteiger charge is -2.24.